The first-order chi connectivity index (χ1) is 22.3. The second-order valence-electron chi connectivity index (χ2n) is 11.7. The van der Waals surface area contributed by atoms with Gasteiger partial charge in [0.25, 0.3) is 0 Å². The van der Waals surface area contributed by atoms with Gasteiger partial charge in [-0.05, 0) is 52.7 Å². The summed E-state index contributed by atoms with van der Waals surface area (Å²) in [6, 6.07) is 52.2. The number of anilines is 1. The predicted molar refractivity (Wildman–Crippen MR) is 190 cm³/mol. The van der Waals surface area contributed by atoms with E-state index >= 15 is 0 Å². The van der Waals surface area contributed by atoms with Crippen LogP contribution in [0.2, 0.25) is 0 Å². The summed E-state index contributed by atoms with van der Waals surface area (Å²) in [6.07, 6.45) is -0.289. The molecule has 3 heterocycles. The Kier molecular flexibility index (Phi) is 5.22. The molecule has 10 rings (SSSR count). The monoisotopic (exact) mass is 594 g/mol. The molecule has 0 aliphatic carbocycles. The van der Waals surface area contributed by atoms with Gasteiger partial charge in [0.05, 0.1) is 16.7 Å². The number of para-hydroxylation sites is 1. The summed E-state index contributed by atoms with van der Waals surface area (Å²) in [7, 11) is 0. The Balaban J connectivity index is 1.10. The van der Waals surface area contributed by atoms with E-state index in [2.05, 4.69) is 155 Å². The molecule has 1 atom stereocenters. The highest BCUT2D eigenvalue weighted by atomic mass is 32.1. The molecular weight excluding hydrogens is 569 g/mol. The van der Waals surface area contributed by atoms with Gasteiger partial charge in [0.2, 0.25) is 0 Å². The van der Waals surface area contributed by atoms with Crippen molar-refractivity contribution >= 4 is 69.8 Å². The van der Waals surface area contributed by atoms with Gasteiger partial charge in [-0.15, -0.1) is 11.3 Å². The van der Waals surface area contributed by atoms with Crippen LogP contribution in [0.25, 0.3) is 69.6 Å². The van der Waals surface area contributed by atoms with Gasteiger partial charge in [-0.1, -0.05) is 109 Å². The molecule has 0 bridgehead atoms. The molecule has 1 aliphatic heterocycles. The fourth-order valence-electron chi connectivity index (χ4n) is 7.21. The van der Waals surface area contributed by atoms with Crippen LogP contribution in [0.3, 0.4) is 0 Å². The van der Waals surface area contributed by atoms with Gasteiger partial charge in [-0.3, -0.25) is 0 Å². The van der Waals surface area contributed by atoms with Crippen molar-refractivity contribution in [2.24, 2.45) is 0 Å². The van der Waals surface area contributed by atoms with Crippen LogP contribution in [-0.4, -0.2) is 4.57 Å². The first-order valence-electron chi connectivity index (χ1n) is 15.3. The predicted octanol–water partition coefficient (Wildman–Crippen LogP) is 11.5. The van der Waals surface area contributed by atoms with Gasteiger partial charge in [-0.2, -0.15) is 0 Å². The zero-order valence-corrected chi connectivity index (χ0v) is 25.0. The highest BCUT2D eigenvalue weighted by Gasteiger charge is 2.30. The summed E-state index contributed by atoms with van der Waals surface area (Å²) in [4.78, 5) is 0. The highest BCUT2D eigenvalue weighted by molar-refractivity contribution is 7.26. The Labute approximate surface area is 263 Å². The van der Waals surface area contributed by atoms with Crippen molar-refractivity contribution in [3.8, 4) is 22.6 Å². The van der Waals surface area contributed by atoms with Crippen molar-refractivity contribution in [2.75, 3.05) is 5.32 Å². The van der Waals surface area contributed by atoms with Crippen molar-refractivity contribution in [3.05, 3.63) is 151 Å². The van der Waals surface area contributed by atoms with Gasteiger partial charge in [-0.25, -0.2) is 0 Å². The summed E-state index contributed by atoms with van der Waals surface area (Å²) in [6.45, 7) is 0. The third-order valence-corrected chi connectivity index (χ3v) is 10.3. The summed E-state index contributed by atoms with van der Waals surface area (Å²) in [5, 5.41) is 11.4. The highest BCUT2D eigenvalue weighted by Crippen LogP contribution is 2.52. The van der Waals surface area contributed by atoms with E-state index in [1.807, 2.05) is 11.3 Å². The lowest BCUT2D eigenvalue weighted by molar-refractivity contribution is 0.261. The minimum atomic E-state index is -0.289. The standard InChI is InChI=1S/C41H26N2OS/c1-2-10-25(11-3-1)32-24-36-38(31-15-7-9-17-35(31)45-36)39-40(32)44-41(42-39)27-18-21-28(22-19-27)43-33-16-8-6-14-30(33)37-29-13-5-4-12-26(29)20-23-34(37)43/h1-24,41-42H. The van der Waals surface area contributed by atoms with Gasteiger partial charge >= 0.3 is 0 Å². The average molecular weight is 595 g/mol. The molecule has 0 saturated carbocycles. The topological polar surface area (TPSA) is 26.2 Å². The largest absolute Gasteiger partial charge is 0.464 e. The molecule has 0 amide bonds. The van der Waals surface area contributed by atoms with Crippen molar-refractivity contribution in [2.45, 2.75) is 6.23 Å². The minimum absolute atomic E-state index is 0.289. The van der Waals surface area contributed by atoms with E-state index in [4.69, 9.17) is 4.74 Å². The molecule has 0 radical (unpaired) electrons. The fourth-order valence-corrected chi connectivity index (χ4v) is 8.36. The molecule has 7 aromatic carbocycles. The minimum Gasteiger partial charge on any atom is -0.464 e. The van der Waals surface area contributed by atoms with Crippen LogP contribution in [0.1, 0.15) is 11.8 Å². The number of rotatable bonds is 3. The number of ether oxygens (including phenoxy) is 1. The molecule has 0 fully saturated rings. The Bertz CT molecular complexity index is 2600. The Morgan fingerprint density at radius 1 is 0.578 bits per heavy atom. The van der Waals surface area contributed by atoms with Crippen LogP contribution >= 0.6 is 11.3 Å². The Hall–Kier alpha value is -5.58. The first kappa shape index (κ1) is 24.8. The zero-order valence-electron chi connectivity index (χ0n) is 24.2. The first-order valence-corrected chi connectivity index (χ1v) is 16.1. The number of aromatic nitrogens is 1. The third-order valence-electron chi connectivity index (χ3n) is 9.23. The summed E-state index contributed by atoms with van der Waals surface area (Å²) in [5.41, 5.74) is 7.99. The molecule has 1 N–H and O–H groups in total. The van der Waals surface area contributed by atoms with E-state index in [9.17, 15) is 0 Å². The maximum atomic E-state index is 6.81. The molecule has 1 unspecified atom stereocenters. The third kappa shape index (κ3) is 3.63. The molecule has 3 nitrogen and oxygen atoms in total. The van der Waals surface area contributed by atoms with Crippen LogP contribution in [0.4, 0.5) is 5.69 Å². The van der Waals surface area contributed by atoms with Gasteiger partial charge in [0.15, 0.2) is 12.0 Å². The number of hydrogen-bond acceptors (Lipinski definition) is 3. The molecule has 1 aliphatic rings. The SMILES string of the molecule is c1ccc(-c2cc3sc4ccccc4c3c3c2OC(c2ccc(-n4c5ccccc5c5c6ccccc6ccc54)cc2)N3)cc1. The van der Waals surface area contributed by atoms with Gasteiger partial charge in [0.1, 0.15) is 0 Å². The molecule has 212 valence electrons. The van der Waals surface area contributed by atoms with Crippen molar-refractivity contribution in [1.82, 2.24) is 4.57 Å². The van der Waals surface area contributed by atoms with Crippen LogP contribution in [0.15, 0.2) is 146 Å². The smallest absolute Gasteiger partial charge is 0.196 e. The summed E-state index contributed by atoms with van der Waals surface area (Å²) < 4.78 is 11.7. The second kappa shape index (κ2) is 9.46. The lowest BCUT2D eigenvalue weighted by atomic mass is 10.0. The number of benzene rings is 7. The zero-order chi connectivity index (χ0) is 29.5. The molecule has 0 spiro atoms. The average Bonchev–Trinajstić information content (AvgIpc) is 3.80. The van der Waals surface area contributed by atoms with Gasteiger partial charge < -0.3 is 14.6 Å². The number of hydrogen-bond donors (Lipinski definition) is 1. The van der Waals surface area contributed by atoms with E-state index in [0.717, 1.165) is 33.8 Å². The maximum absolute atomic E-state index is 6.81. The van der Waals surface area contributed by atoms with Crippen molar-refractivity contribution in [1.29, 1.82) is 0 Å². The lowest BCUT2D eigenvalue weighted by Crippen LogP contribution is -2.10. The molecule has 9 aromatic rings. The lowest BCUT2D eigenvalue weighted by Gasteiger charge is -2.14. The summed E-state index contributed by atoms with van der Waals surface area (Å²) in [5.74, 6) is 0.917. The molecule has 45 heavy (non-hydrogen) atoms. The number of thiophene rings is 1. The second-order valence-corrected chi connectivity index (χ2v) is 12.8. The normalized spacial score (nSPS) is 14.4. The molecule has 2 aromatic heterocycles. The van der Waals surface area contributed by atoms with E-state index in [1.54, 1.807) is 0 Å². The van der Waals surface area contributed by atoms with Crippen LogP contribution in [-0.2, 0) is 0 Å². The molecule has 4 heteroatoms. The van der Waals surface area contributed by atoms with Crippen LogP contribution in [0, 0.1) is 0 Å². The van der Waals surface area contributed by atoms with E-state index < -0.39 is 0 Å². The van der Waals surface area contributed by atoms with E-state index in [-0.39, 0.29) is 6.23 Å². The number of nitrogens with one attached hydrogen (secondary N) is 1. The van der Waals surface area contributed by atoms with Gasteiger partial charge in [0, 0.05) is 47.8 Å². The fraction of sp³-hybridized carbons (Fsp3) is 0.0244. The van der Waals surface area contributed by atoms with Crippen molar-refractivity contribution < 1.29 is 4.74 Å². The Morgan fingerprint density at radius 2 is 1.31 bits per heavy atom. The maximum Gasteiger partial charge on any atom is 0.196 e. The summed E-state index contributed by atoms with van der Waals surface area (Å²) >= 11 is 1.84. The van der Waals surface area contributed by atoms with Crippen molar-refractivity contribution in [3.63, 3.8) is 0 Å². The molecule has 0 saturated heterocycles. The molecular formula is C41H26N2OS. The van der Waals surface area contributed by atoms with E-state index in [0.29, 0.717) is 0 Å². The number of nitrogens with zero attached hydrogens (tertiary/aromatic N) is 1. The quantitative estimate of drug-likeness (QED) is 0.220. The number of fused-ring (bicyclic) bond motifs is 10. The Morgan fingerprint density at radius 3 is 2.18 bits per heavy atom. The van der Waals surface area contributed by atoms with E-state index in [1.165, 1.54) is 52.8 Å². The van der Waals surface area contributed by atoms with Crippen LogP contribution < -0.4 is 10.1 Å². The van der Waals surface area contributed by atoms with Crippen LogP contribution in [0.5, 0.6) is 5.75 Å².